The number of carboxylic acids is 1. The fraction of sp³-hybridized carbons (Fsp3) is 0.344. The number of anilines is 1. The Morgan fingerprint density at radius 2 is 1.62 bits per heavy atom. The standard InChI is InChI=1S/C32H32N2O6/c1-19-17-23(8-9-24(19)21-11-13-33(14-12-21)20(2)35)34-30(22-7-10-27-28(18-22)40-16-15-39-27)29(32(37)38)25-5-3-4-6-26(25)31(34)36/h3-10,17-18,21,29-30H,11-16H2,1-2H3,(H,37,38). The minimum atomic E-state index is -1.00. The molecule has 1 saturated heterocycles. The number of aliphatic carboxylic acids is 1. The average Bonchev–Trinajstić information content (AvgIpc) is 2.96. The summed E-state index contributed by atoms with van der Waals surface area (Å²) in [5.41, 5.74) is 4.44. The predicted octanol–water partition coefficient (Wildman–Crippen LogP) is 5.06. The molecule has 0 aliphatic carbocycles. The van der Waals surface area contributed by atoms with Gasteiger partial charge in [0.15, 0.2) is 11.5 Å². The highest BCUT2D eigenvalue weighted by molar-refractivity contribution is 6.11. The van der Waals surface area contributed by atoms with Crippen molar-refractivity contribution in [2.24, 2.45) is 0 Å². The number of ether oxygens (including phenoxy) is 2. The Morgan fingerprint density at radius 3 is 2.33 bits per heavy atom. The molecule has 3 aliphatic rings. The molecule has 2 atom stereocenters. The van der Waals surface area contributed by atoms with Crippen molar-refractivity contribution in [3.05, 3.63) is 88.5 Å². The number of carbonyl (C=O) groups excluding carboxylic acids is 2. The Bertz CT molecular complexity index is 1490. The molecule has 3 aliphatic heterocycles. The maximum absolute atomic E-state index is 14.1. The minimum Gasteiger partial charge on any atom is -0.486 e. The molecule has 3 aromatic carbocycles. The van der Waals surface area contributed by atoms with Crippen LogP contribution in [-0.2, 0) is 9.59 Å². The lowest BCUT2D eigenvalue weighted by Gasteiger charge is -2.41. The van der Waals surface area contributed by atoms with Crippen LogP contribution >= 0.6 is 0 Å². The molecule has 0 saturated carbocycles. The number of benzene rings is 3. The number of rotatable bonds is 4. The molecule has 2 unspecified atom stereocenters. The molecular formula is C32H32N2O6. The van der Waals surface area contributed by atoms with E-state index >= 15 is 0 Å². The van der Waals surface area contributed by atoms with Gasteiger partial charge in [-0.3, -0.25) is 19.3 Å². The third kappa shape index (κ3) is 4.47. The Balaban J connectivity index is 1.43. The molecule has 8 nitrogen and oxygen atoms in total. The second-order valence-electron chi connectivity index (χ2n) is 10.7. The van der Waals surface area contributed by atoms with Gasteiger partial charge in [0, 0.05) is 31.3 Å². The molecule has 0 bridgehead atoms. The summed E-state index contributed by atoms with van der Waals surface area (Å²) in [5, 5.41) is 10.5. The summed E-state index contributed by atoms with van der Waals surface area (Å²) < 4.78 is 11.5. The number of hydrogen-bond donors (Lipinski definition) is 1. The lowest BCUT2D eigenvalue weighted by molar-refractivity contribution is -0.139. The zero-order chi connectivity index (χ0) is 28.0. The van der Waals surface area contributed by atoms with Crippen LogP contribution in [0.25, 0.3) is 0 Å². The Morgan fingerprint density at radius 1 is 0.900 bits per heavy atom. The molecule has 3 heterocycles. The molecule has 1 fully saturated rings. The topological polar surface area (TPSA) is 96.4 Å². The highest BCUT2D eigenvalue weighted by Gasteiger charge is 2.45. The Kier molecular flexibility index (Phi) is 6.70. The zero-order valence-corrected chi connectivity index (χ0v) is 22.6. The van der Waals surface area contributed by atoms with Crippen molar-refractivity contribution in [2.45, 2.75) is 44.6 Å². The van der Waals surface area contributed by atoms with Gasteiger partial charge in [0.1, 0.15) is 19.1 Å². The molecule has 3 aromatic rings. The average molecular weight is 541 g/mol. The van der Waals surface area contributed by atoms with Crippen molar-refractivity contribution in [1.82, 2.24) is 4.90 Å². The van der Waals surface area contributed by atoms with Crippen LogP contribution in [0.15, 0.2) is 60.7 Å². The van der Waals surface area contributed by atoms with Gasteiger partial charge in [-0.25, -0.2) is 0 Å². The van der Waals surface area contributed by atoms with Crippen molar-refractivity contribution >= 4 is 23.5 Å². The van der Waals surface area contributed by atoms with Gasteiger partial charge in [0.25, 0.3) is 5.91 Å². The van der Waals surface area contributed by atoms with Crippen LogP contribution in [0.5, 0.6) is 11.5 Å². The van der Waals surface area contributed by atoms with Gasteiger partial charge in [-0.15, -0.1) is 0 Å². The normalized spacial score (nSPS) is 20.7. The molecule has 6 rings (SSSR count). The first-order chi connectivity index (χ1) is 19.3. The van der Waals surface area contributed by atoms with Gasteiger partial charge in [-0.2, -0.15) is 0 Å². The van der Waals surface area contributed by atoms with Crippen molar-refractivity contribution in [2.75, 3.05) is 31.2 Å². The molecule has 40 heavy (non-hydrogen) atoms. The first-order valence-corrected chi connectivity index (χ1v) is 13.7. The monoisotopic (exact) mass is 540 g/mol. The van der Waals surface area contributed by atoms with E-state index in [1.165, 1.54) is 5.56 Å². The molecule has 206 valence electrons. The van der Waals surface area contributed by atoms with E-state index in [0.29, 0.717) is 53.0 Å². The minimum absolute atomic E-state index is 0.104. The fourth-order valence-corrected chi connectivity index (χ4v) is 6.44. The quantitative estimate of drug-likeness (QED) is 0.497. The maximum Gasteiger partial charge on any atom is 0.313 e. The van der Waals surface area contributed by atoms with Crippen molar-refractivity contribution in [3.63, 3.8) is 0 Å². The summed E-state index contributed by atoms with van der Waals surface area (Å²) in [4.78, 5) is 42.2. The Labute approximate surface area is 233 Å². The molecule has 1 N–H and O–H groups in total. The lowest BCUT2D eigenvalue weighted by atomic mass is 9.79. The largest absolute Gasteiger partial charge is 0.486 e. The van der Waals surface area contributed by atoms with Crippen LogP contribution in [0, 0.1) is 6.92 Å². The van der Waals surface area contributed by atoms with Crippen LogP contribution in [0.4, 0.5) is 5.69 Å². The smallest absolute Gasteiger partial charge is 0.313 e. The van der Waals surface area contributed by atoms with E-state index < -0.39 is 17.9 Å². The first-order valence-electron chi connectivity index (χ1n) is 13.7. The van der Waals surface area contributed by atoms with Crippen LogP contribution in [0.3, 0.4) is 0 Å². The van der Waals surface area contributed by atoms with Crippen molar-refractivity contribution < 1.29 is 29.0 Å². The van der Waals surface area contributed by atoms with Gasteiger partial charge in [-0.05, 0) is 78.3 Å². The van der Waals surface area contributed by atoms with E-state index in [9.17, 15) is 19.5 Å². The summed E-state index contributed by atoms with van der Waals surface area (Å²) in [7, 11) is 0. The fourth-order valence-electron chi connectivity index (χ4n) is 6.44. The summed E-state index contributed by atoms with van der Waals surface area (Å²) in [6, 6.07) is 17.6. The van der Waals surface area contributed by atoms with Crippen LogP contribution in [-0.4, -0.2) is 54.1 Å². The van der Waals surface area contributed by atoms with E-state index in [1.807, 2.05) is 30.0 Å². The number of likely N-dealkylation sites (tertiary alicyclic amines) is 1. The number of hydrogen-bond acceptors (Lipinski definition) is 5. The number of fused-ring (bicyclic) bond motifs is 2. The number of aryl methyl sites for hydroxylation is 1. The van der Waals surface area contributed by atoms with E-state index in [-0.39, 0.29) is 11.8 Å². The molecule has 0 aromatic heterocycles. The zero-order valence-electron chi connectivity index (χ0n) is 22.6. The van der Waals surface area contributed by atoms with Crippen LogP contribution < -0.4 is 14.4 Å². The van der Waals surface area contributed by atoms with Gasteiger partial charge in [0.05, 0.1) is 6.04 Å². The summed E-state index contributed by atoms with van der Waals surface area (Å²) in [6.07, 6.45) is 1.77. The number of amides is 2. The van der Waals surface area contributed by atoms with Gasteiger partial charge >= 0.3 is 5.97 Å². The highest BCUT2D eigenvalue weighted by Crippen LogP contribution is 2.47. The van der Waals surface area contributed by atoms with Crippen molar-refractivity contribution in [3.8, 4) is 11.5 Å². The molecular weight excluding hydrogens is 508 g/mol. The van der Waals surface area contributed by atoms with Gasteiger partial charge in [0.2, 0.25) is 5.91 Å². The predicted molar refractivity (Wildman–Crippen MR) is 149 cm³/mol. The first kappa shape index (κ1) is 25.9. The molecule has 0 radical (unpaired) electrons. The summed E-state index contributed by atoms with van der Waals surface area (Å²) in [6.45, 7) is 5.96. The number of nitrogens with zero attached hydrogens (tertiary/aromatic N) is 2. The van der Waals surface area contributed by atoms with Gasteiger partial charge < -0.3 is 19.5 Å². The number of carboxylic acid groups (broad SMARTS) is 1. The third-order valence-electron chi connectivity index (χ3n) is 8.42. The summed E-state index contributed by atoms with van der Waals surface area (Å²) in [5.74, 6) is -0.650. The highest BCUT2D eigenvalue weighted by atomic mass is 16.6. The second-order valence-corrected chi connectivity index (χ2v) is 10.7. The molecule has 2 amide bonds. The second kappa shape index (κ2) is 10.3. The number of piperidine rings is 1. The lowest BCUT2D eigenvalue weighted by Crippen LogP contribution is -2.45. The molecule has 8 heteroatoms. The van der Waals surface area contributed by atoms with Crippen molar-refractivity contribution in [1.29, 1.82) is 0 Å². The van der Waals surface area contributed by atoms with E-state index in [2.05, 4.69) is 6.07 Å². The maximum atomic E-state index is 14.1. The third-order valence-corrected chi connectivity index (χ3v) is 8.42. The van der Waals surface area contributed by atoms with Gasteiger partial charge in [-0.1, -0.05) is 30.3 Å². The SMILES string of the molecule is CC(=O)N1CCC(c2ccc(N3C(=O)c4ccccc4C(C(=O)O)C3c3ccc4c(c3)OCCO4)cc2C)CC1. The molecule has 0 spiro atoms. The number of carbonyl (C=O) groups is 3. The van der Waals surface area contributed by atoms with E-state index in [0.717, 1.165) is 31.5 Å². The van der Waals surface area contributed by atoms with E-state index in [1.54, 1.807) is 48.2 Å². The Hall–Kier alpha value is -4.33. The summed E-state index contributed by atoms with van der Waals surface area (Å²) >= 11 is 0. The van der Waals surface area contributed by atoms with E-state index in [4.69, 9.17) is 9.47 Å². The van der Waals surface area contributed by atoms with Crippen LogP contribution in [0.1, 0.15) is 70.3 Å². The van der Waals surface area contributed by atoms with Crippen LogP contribution in [0.2, 0.25) is 0 Å².